The van der Waals surface area contributed by atoms with Gasteiger partial charge in [0, 0.05) is 10.6 Å². The van der Waals surface area contributed by atoms with Crippen LogP contribution in [-0.2, 0) is 0 Å². The molecule has 0 aliphatic heterocycles. The molecule has 0 fully saturated rings. The molecule has 2 aromatic carbocycles. The molecule has 0 aromatic heterocycles. The van der Waals surface area contributed by atoms with Gasteiger partial charge in [-0.1, -0.05) is 17.7 Å². The highest BCUT2D eigenvalue weighted by molar-refractivity contribution is 6.30. The van der Waals surface area contributed by atoms with E-state index >= 15 is 0 Å². The Balaban J connectivity index is 2.16. The minimum Gasteiger partial charge on any atom is -0.489 e. The second kappa shape index (κ2) is 6.20. The van der Waals surface area contributed by atoms with Gasteiger partial charge in [-0.15, -0.1) is 0 Å². The number of halogens is 3. The quantitative estimate of drug-likeness (QED) is 0.922. The van der Waals surface area contributed by atoms with Gasteiger partial charge in [-0.2, -0.15) is 0 Å². The summed E-state index contributed by atoms with van der Waals surface area (Å²) in [5.41, 5.74) is 6.01. The number of ether oxygens (including phenoxy) is 1. The molecular formula is C15H14ClF2NO. The Morgan fingerprint density at radius 1 is 1.15 bits per heavy atom. The molecule has 5 heteroatoms. The fourth-order valence-electron chi connectivity index (χ4n) is 1.85. The van der Waals surface area contributed by atoms with Gasteiger partial charge in [0.15, 0.2) is 0 Å². The van der Waals surface area contributed by atoms with Gasteiger partial charge in [-0.25, -0.2) is 8.78 Å². The molecule has 0 spiro atoms. The number of nitrogens with two attached hydrogens (primary N) is 1. The van der Waals surface area contributed by atoms with Crippen molar-refractivity contribution in [3.63, 3.8) is 0 Å². The van der Waals surface area contributed by atoms with Crippen LogP contribution in [0.2, 0.25) is 5.02 Å². The van der Waals surface area contributed by atoms with Crippen molar-refractivity contribution in [2.24, 2.45) is 5.73 Å². The van der Waals surface area contributed by atoms with Gasteiger partial charge in [0.25, 0.3) is 0 Å². The largest absolute Gasteiger partial charge is 0.489 e. The molecule has 2 aromatic rings. The summed E-state index contributed by atoms with van der Waals surface area (Å²) in [7, 11) is 0. The van der Waals surface area contributed by atoms with Crippen LogP contribution in [0.15, 0.2) is 42.5 Å². The van der Waals surface area contributed by atoms with E-state index < -0.39 is 23.8 Å². The number of hydrogen-bond donors (Lipinski definition) is 1. The molecular weight excluding hydrogens is 284 g/mol. The minimum absolute atomic E-state index is 0.0829. The van der Waals surface area contributed by atoms with E-state index in [1.807, 2.05) is 0 Å². The van der Waals surface area contributed by atoms with Crippen molar-refractivity contribution in [3.8, 4) is 5.75 Å². The number of hydrogen-bond acceptors (Lipinski definition) is 2. The zero-order valence-electron chi connectivity index (χ0n) is 10.8. The molecule has 0 aliphatic carbocycles. The van der Waals surface area contributed by atoms with Gasteiger partial charge < -0.3 is 10.5 Å². The van der Waals surface area contributed by atoms with Crippen LogP contribution < -0.4 is 10.5 Å². The average Bonchev–Trinajstić information content (AvgIpc) is 2.40. The first kappa shape index (κ1) is 14.8. The van der Waals surface area contributed by atoms with E-state index in [1.54, 1.807) is 31.2 Å². The molecule has 0 saturated heterocycles. The molecule has 2 rings (SSSR count). The summed E-state index contributed by atoms with van der Waals surface area (Å²) in [6.45, 7) is 1.69. The van der Waals surface area contributed by atoms with Crippen LogP contribution in [0.3, 0.4) is 0 Å². The molecule has 0 heterocycles. The zero-order chi connectivity index (χ0) is 14.7. The van der Waals surface area contributed by atoms with Crippen molar-refractivity contribution >= 4 is 11.6 Å². The lowest BCUT2D eigenvalue weighted by molar-refractivity contribution is 0.188. The molecule has 2 N–H and O–H groups in total. The lowest BCUT2D eigenvalue weighted by atomic mass is 10.0. The van der Waals surface area contributed by atoms with Gasteiger partial charge in [-0.05, 0) is 43.3 Å². The van der Waals surface area contributed by atoms with E-state index in [0.717, 1.165) is 18.2 Å². The first-order valence-electron chi connectivity index (χ1n) is 6.10. The van der Waals surface area contributed by atoms with Crippen molar-refractivity contribution in [3.05, 3.63) is 64.7 Å². The fourth-order valence-corrected chi connectivity index (χ4v) is 2.03. The highest BCUT2D eigenvalue weighted by Gasteiger charge is 2.20. The summed E-state index contributed by atoms with van der Waals surface area (Å²) < 4.78 is 32.4. The third kappa shape index (κ3) is 3.46. The van der Waals surface area contributed by atoms with Crippen molar-refractivity contribution in [1.82, 2.24) is 0 Å². The third-order valence-electron chi connectivity index (χ3n) is 2.94. The Hall–Kier alpha value is -1.65. The molecule has 2 unspecified atom stereocenters. The normalized spacial score (nSPS) is 13.8. The molecule has 0 amide bonds. The standard InChI is InChI=1S/C15H14ClF2NO/c1-9(20-12-4-2-3-10(16)7-12)15(19)13-8-11(17)5-6-14(13)18/h2-9,15H,19H2,1H3. The highest BCUT2D eigenvalue weighted by atomic mass is 35.5. The van der Waals surface area contributed by atoms with Gasteiger partial charge >= 0.3 is 0 Å². The lowest BCUT2D eigenvalue weighted by Crippen LogP contribution is -2.29. The molecule has 20 heavy (non-hydrogen) atoms. The maximum atomic E-state index is 13.7. The molecule has 106 valence electrons. The highest BCUT2D eigenvalue weighted by Crippen LogP contribution is 2.24. The Bertz CT molecular complexity index is 606. The van der Waals surface area contributed by atoms with Crippen molar-refractivity contribution in [2.75, 3.05) is 0 Å². The van der Waals surface area contributed by atoms with Crippen molar-refractivity contribution in [2.45, 2.75) is 19.1 Å². The number of benzene rings is 2. The Kier molecular flexibility index (Phi) is 4.57. The van der Waals surface area contributed by atoms with Gasteiger partial charge in [0.05, 0.1) is 6.04 Å². The second-order valence-electron chi connectivity index (χ2n) is 4.47. The van der Waals surface area contributed by atoms with Crippen LogP contribution >= 0.6 is 11.6 Å². The van der Waals surface area contributed by atoms with Gasteiger partial charge in [0.1, 0.15) is 23.5 Å². The van der Waals surface area contributed by atoms with E-state index in [4.69, 9.17) is 22.1 Å². The van der Waals surface area contributed by atoms with Gasteiger partial charge in [0.2, 0.25) is 0 Å². The summed E-state index contributed by atoms with van der Waals surface area (Å²) in [4.78, 5) is 0. The Morgan fingerprint density at radius 2 is 1.90 bits per heavy atom. The van der Waals surface area contributed by atoms with Crippen LogP contribution in [0.4, 0.5) is 8.78 Å². The lowest BCUT2D eigenvalue weighted by Gasteiger charge is -2.22. The van der Waals surface area contributed by atoms with E-state index in [-0.39, 0.29) is 5.56 Å². The first-order valence-corrected chi connectivity index (χ1v) is 6.48. The average molecular weight is 298 g/mol. The van der Waals surface area contributed by atoms with Crippen molar-refractivity contribution in [1.29, 1.82) is 0 Å². The summed E-state index contributed by atoms with van der Waals surface area (Å²) in [6, 6.07) is 9.19. The van der Waals surface area contributed by atoms with Crippen LogP contribution in [-0.4, -0.2) is 6.10 Å². The summed E-state index contributed by atoms with van der Waals surface area (Å²) >= 11 is 5.85. The predicted molar refractivity (Wildman–Crippen MR) is 74.8 cm³/mol. The molecule has 2 atom stereocenters. The Morgan fingerprint density at radius 3 is 2.60 bits per heavy atom. The minimum atomic E-state index is -0.787. The van der Waals surface area contributed by atoms with E-state index in [0.29, 0.717) is 10.8 Å². The monoisotopic (exact) mass is 297 g/mol. The van der Waals surface area contributed by atoms with Crippen LogP contribution in [0, 0.1) is 11.6 Å². The van der Waals surface area contributed by atoms with E-state index in [9.17, 15) is 8.78 Å². The van der Waals surface area contributed by atoms with Crippen LogP contribution in [0.5, 0.6) is 5.75 Å². The summed E-state index contributed by atoms with van der Waals surface area (Å²) in [5, 5.41) is 0.528. The van der Waals surface area contributed by atoms with Gasteiger partial charge in [-0.3, -0.25) is 0 Å². The second-order valence-corrected chi connectivity index (χ2v) is 4.91. The third-order valence-corrected chi connectivity index (χ3v) is 3.18. The van der Waals surface area contributed by atoms with E-state index in [1.165, 1.54) is 0 Å². The molecule has 0 bridgehead atoms. The summed E-state index contributed by atoms with van der Waals surface area (Å²) in [6.07, 6.45) is -0.537. The first-order chi connectivity index (χ1) is 9.47. The predicted octanol–water partition coefficient (Wildman–Crippen LogP) is 4.09. The van der Waals surface area contributed by atoms with Crippen LogP contribution in [0.25, 0.3) is 0 Å². The molecule has 0 aliphatic rings. The zero-order valence-corrected chi connectivity index (χ0v) is 11.6. The maximum absolute atomic E-state index is 13.7. The SMILES string of the molecule is CC(Oc1cccc(Cl)c1)C(N)c1cc(F)ccc1F. The molecule has 2 nitrogen and oxygen atoms in total. The maximum Gasteiger partial charge on any atom is 0.128 e. The number of rotatable bonds is 4. The van der Waals surface area contributed by atoms with Crippen molar-refractivity contribution < 1.29 is 13.5 Å². The molecule has 0 saturated carbocycles. The fraction of sp³-hybridized carbons (Fsp3) is 0.200. The molecule has 0 radical (unpaired) electrons. The Labute approximate surface area is 121 Å². The van der Waals surface area contributed by atoms with Crippen LogP contribution in [0.1, 0.15) is 18.5 Å². The summed E-state index contributed by atoms with van der Waals surface area (Å²) in [5.74, 6) is -0.565. The topological polar surface area (TPSA) is 35.2 Å². The smallest absolute Gasteiger partial charge is 0.128 e. The van der Waals surface area contributed by atoms with E-state index in [2.05, 4.69) is 0 Å².